The lowest BCUT2D eigenvalue weighted by molar-refractivity contribution is -0.119. The molecule has 0 fully saturated rings. The highest BCUT2D eigenvalue weighted by atomic mass is 16.2. The average molecular weight is 156 g/mol. The highest BCUT2D eigenvalue weighted by Gasteiger charge is 1.99. The molecule has 0 heterocycles. The molecule has 0 saturated carbocycles. The van der Waals surface area contributed by atoms with Gasteiger partial charge in [0.2, 0.25) is 11.8 Å². The summed E-state index contributed by atoms with van der Waals surface area (Å²) in [6.07, 6.45) is 0.893. The minimum absolute atomic E-state index is 0.0543. The Morgan fingerprint density at radius 1 is 1.09 bits per heavy atom. The molecule has 0 aliphatic heterocycles. The largest absolute Gasteiger partial charge is 0.383 e. The first kappa shape index (κ1) is 10.0. The lowest BCUT2D eigenvalue weighted by atomic mass is 10.1. The lowest BCUT2D eigenvalue weighted by Crippen LogP contribution is -2.40. The van der Waals surface area contributed by atoms with E-state index in [0.717, 1.165) is 0 Å². The number of carbonyl (C=O) groups excluding carboxylic acids is 2. The van der Waals surface area contributed by atoms with Crippen molar-refractivity contribution in [1.29, 1.82) is 0 Å². The van der Waals surface area contributed by atoms with E-state index in [1.54, 1.807) is 13.8 Å². The van der Waals surface area contributed by atoms with Crippen molar-refractivity contribution in [2.45, 2.75) is 26.7 Å². The van der Waals surface area contributed by atoms with Crippen LogP contribution >= 0.6 is 0 Å². The van der Waals surface area contributed by atoms with Crippen molar-refractivity contribution in [1.82, 2.24) is 10.5 Å². The predicted octanol–water partition coefficient (Wildman–Crippen LogP) is -0.695. The zero-order valence-corrected chi connectivity index (χ0v) is 6.94. The summed E-state index contributed by atoms with van der Waals surface area (Å²) in [5.74, 6) is -0.109. The molecular weight excluding hydrogens is 143 g/mol. The van der Waals surface area contributed by atoms with Gasteiger partial charge in [0, 0.05) is 12.8 Å². The number of rotatable bonds is 4. The van der Waals surface area contributed by atoms with Gasteiger partial charge in [-0.1, -0.05) is 13.8 Å². The molecule has 0 spiro atoms. The quantitative estimate of drug-likeness (QED) is 0.529. The summed E-state index contributed by atoms with van der Waals surface area (Å²) >= 11 is 0. The second-order valence-electron chi connectivity index (χ2n) is 2.08. The Hall–Kier alpha value is -0.995. The molecular formula is C6H13BN2O2. The summed E-state index contributed by atoms with van der Waals surface area (Å²) in [7, 11) is 0.235. The van der Waals surface area contributed by atoms with Crippen molar-refractivity contribution in [2.75, 3.05) is 0 Å². The molecule has 4 nitrogen and oxygen atoms in total. The van der Waals surface area contributed by atoms with Gasteiger partial charge in [0.1, 0.15) is 0 Å². The van der Waals surface area contributed by atoms with E-state index in [9.17, 15) is 9.59 Å². The van der Waals surface area contributed by atoms with Crippen molar-refractivity contribution in [2.24, 2.45) is 0 Å². The van der Waals surface area contributed by atoms with Crippen LogP contribution in [0.25, 0.3) is 0 Å². The molecule has 11 heavy (non-hydrogen) atoms. The molecule has 0 aliphatic carbocycles. The second-order valence-corrected chi connectivity index (χ2v) is 2.08. The Labute approximate surface area is 67.0 Å². The van der Waals surface area contributed by atoms with Crippen LogP contribution in [0.3, 0.4) is 0 Å². The first-order chi connectivity index (χ1) is 5.20. The van der Waals surface area contributed by atoms with Gasteiger partial charge >= 0.3 is 7.55 Å². The average Bonchev–Trinajstić information content (AvgIpc) is 2.04. The van der Waals surface area contributed by atoms with Gasteiger partial charge in [0.05, 0.1) is 0 Å². The smallest absolute Gasteiger partial charge is 0.355 e. The molecule has 0 rings (SSSR count). The van der Waals surface area contributed by atoms with E-state index in [4.69, 9.17) is 0 Å². The first-order valence-corrected chi connectivity index (χ1v) is 3.74. The number of amides is 2. The van der Waals surface area contributed by atoms with Gasteiger partial charge < -0.3 is 10.5 Å². The topological polar surface area (TPSA) is 58.2 Å². The van der Waals surface area contributed by atoms with E-state index in [1.165, 1.54) is 0 Å². The van der Waals surface area contributed by atoms with Crippen molar-refractivity contribution >= 4 is 19.4 Å². The van der Waals surface area contributed by atoms with Gasteiger partial charge in [0.25, 0.3) is 0 Å². The molecule has 0 bridgehead atoms. The molecule has 0 aromatic rings. The predicted molar refractivity (Wildman–Crippen MR) is 44.0 cm³/mol. The second kappa shape index (κ2) is 5.76. The molecule has 0 unspecified atom stereocenters. The Kier molecular flexibility index (Phi) is 5.24. The summed E-state index contributed by atoms with van der Waals surface area (Å²) in [5.41, 5.74) is 0. The molecule has 0 aliphatic rings. The molecule has 0 atom stereocenters. The summed E-state index contributed by atoms with van der Waals surface area (Å²) < 4.78 is 0. The molecule has 2 N–H and O–H groups in total. The summed E-state index contributed by atoms with van der Waals surface area (Å²) in [6, 6.07) is 0. The molecule has 62 valence electrons. The number of carbonyl (C=O) groups is 2. The Balaban J connectivity index is 3.27. The third-order valence-electron chi connectivity index (χ3n) is 1.21. The van der Waals surface area contributed by atoms with E-state index >= 15 is 0 Å². The van der Waals surface area contributed by atoms with Crippen LogP contribution in [0.2, 0.25) is 0 Å². The van der Waals surface area contributed by atoms with E-state index < -0.39 is 0 Å². The van der Waals surface area contributed by atoms with Crippen LogP contribution in [-0.4, -0.2) is 19.4 Å². The third kappa shape index (κ3) is 5.45. The summed E-state index contributed by atoms with van der Waals surface area (Å²) in [4.78, 5) is 21.2. The Morgan fingerprint density at radius 3 is 1.73 bits per heavy atom. The van der Waals surface area contributed by atoms with Crippen molar-refractivity contribution in [3.8, 4) is 0 Å². The van der Waals surface area contributed by atoms with Gasteiger partial charge in [-0.3, -0.25) is 9.59 Å². The van der Waals surface area contributed by atoms with Crippen molar-refractivity contribution in [3.63, 3.8) is 0 Å². The maximum atomic E-state index is 10.6. The van der Waals surface area contributed by atoms with Crippen LogP contribution in [0.15, 0.2) is 0 Å². The normalized spacial score (nSPS) is 8.55. The van der Waals surface area contributed by atoms with Crippen molar-refractivity contribution in [3.05, 3.63) is 0 Å². The Morgan fingerprint density at radius 2 is 1.45 bits per heavy atom. The van der Waals surface area contributed by atoms with Crippen LogP contribution in [0.4, 0.5) is 0 Å². The van der Waals surface area contributed by atoms with Crippen LogP contribution in [0.5, 0.6) is 0 Å². The maximum absolute atomic E-state index is 10.6. The fourth-order valence-corrected chi connectivity index (χ4v) is 0.491. The number of nitrogens with one attached hydrogen (secondary N) is 2. The fourth-order valence-electron chi connectivity index (χ4n) is 0.491. The number of hydrogen-bond donors (Lipinski definition) is 2. The monoisotopic (exact) mass is 156 g/mol. The summed E-state index contributed by atoms with van der Waals surface area (Å²) in [6.45, 7) is 3.52. The van der Waals surface area contributed by atoms with E-state index in [2.05, 4.69) is 10.5 Å². The van der Waals surface area contributed by atoms with E-state index in [-0.39, 0.29) is 19.4 Å². The van der Waals surface area contributed by atoms with Gasteiger partial charge in [-0.25, -0.2) is 0 Å². The highest BCUT2D eigenvalue weighted by Crippen LogP contribution is 1.73. The highest BCUT2D eigenvalue weighted by molar-refractivity contribution is 6.38. The summed E-state index contributed by atoms with van der Waals surface area (Å²) in [5, 5.41) is 5.05. The van der Waals surface area contributed by atoms with Gasteiger partial charge in [-0.2, -0.15) is 0 Å². The van der Waals surface area contributed by atoms with E-state index in [1.807, 2.05) is 0 Å². The van der Waals surface area contributed by atoms with Crippen molar-refractivity contribution < 1.29 is 9.59 Å². The van der Waals surface area contributed by atoms with Crippen LogP contribution in [0.1, 0.15) is 26.7 Å². The van der Waals surface area contributed by atoms with Gasteiger partial charge in [-0.15, -0.1) is 0 Å². The minimum Gasteiger partial charge on any atom is -0.383 e. The zero-order valence-electron chi connectivity index (χ0n) is 6.94. The van der Waals surface area contributed by atoms with Crippen LogP contribution in [-0.2, 0) is 9.59 Å². The van der Waals surface area contributed by atoms with Crippen LogP contribution < -0.4 is 10.5 Å². The molecule has 2 amide bonds. The van der Waals surface area contributed by atoms with Gasteiger partial charge in [0.15, 0.2) is 0 Å². The van der Waals surface area contributed by atoms with E-state index in [0.29, 0.717) is 12.8 Å². The van der Waals surface area contributed by atoms with Gasteiger partial charge in [-0.05, 0) is 0 Å². The zero-order chi connectivity index (χ0) is 8.69. The molecule has 0 aromatic heterocycles. The standard InChI is InChI=1S/C6H13BN2O2/c1-3-5(10)8-7-9-6(11)4-2/h7H,3-4H2,1-2H3,(H,8,10)(H,9,11). The maximum Gasteiger partial charge on any atom is 0.355 e. The molecule has 0 aromatic carbocycles. The lowest BCUT2D eigenvalue weighted by Gasteiger charge is -2.01. The first-order valence-electron chi connectivity index (χ1n) is 3.74. The Bertz CT molecular complexity index is 134. The molecule has 0 radical (unpaired) electrons. The molecule has 0 saturated heterocycles. The van der Waals surface area contributed by atoms with Crippen LogP contribution in [0, 0.1) is 0 Å². The molecule has 5 heteroatoms. The third-order valence-corrected chi connectivity index (χ3v) is 1.21. The number of hydrogen-bond acceptors (Lipinski definition) is 2. The fraction of sp³-hybridized carbons (Fsp3) is 0.667. The minimum atomic E-state index is -0.0543. The SMILES string of the molecule is CCC(=O)NBNC(=O)CC.